The maximum atomic E-state index is 12.2. The number of hydrogen-bond donors (Lipinski definition) is 2. The molecule has 5 heteroatoms. The molecule has 1 fully saturated rings. The van der Waals surface area contributed by atoms with Gasteiger partial charge in [0.2, 0.25) is 0 Å². The minimum absolute atomic E-state index is 0.0540. The number of β-amino-alcohol motifs (C(OH)–C–C–N with tert-alkyl or cyclic N) is 1. The van der Waals surface area contributed by atoms with E-state index in [1.165, 1.54) is 0 Å². The summed E-state index contributed by atoms with van der Waals surface area (Å²) in [5, 5.41) is 12.7. The minimum Gasteiger partial charge on any atom is -0.388 e. The Hall–Kier alpha value is -1.62. The van der Waals surface area contributed by atoms with Crippen LogP contribution in [0.2, 0.25) is 0 Å². The first kappa shape index (κ1) is 11.9. The van der Waals surface area contributed by atoms with Crippen molar-refractivity contribution in [1.82, 2.24) is 9.88 Å². The van der Waals surface area contributed by atoms with Crippen LogP contribution < -0.4 is 5.32 Å². The van der Waals surface area contributed by atoms with Crippen LogP contribution in [0.25, 0.3) is 0 Å². The molecule has 1 aliphatic heterocycles. The molecule has 1 unspecified atom stereocenters. The smallest absolute Gasteiger partial charge is 0.254 e. The fourth-order valence-electron chi connectivity index (χ4n) is 2.00. The second-order valence-electron chi connectivity index (χ2n) is 4.65. The monoisotopic (exact) mass is 235 g/mol. The summed E-state index contributed by atoms with van der Waals surface area (Å²) in [6.07, 6.45) is 2.23. The number of amides is 1. The van der Waals surface area contributed by atoms with Gasteiger partial charge in [-0.15, -0.1) is 0 Å². The van der Waals surface area contributed by atoms with E-state index in [0.29, 0.717) is 30.9 Å². The lowest BCUT2D eigenvalue weighted by Gasteiger charge is -2.19. The molecule has 0 radical (unpaired) electrons. The van der Waals surface area contributed by atoms with Crippen molar-refractivity contribution in [3.63, 3.8) is 0 Å². The van der Waals surface area contributed by atoms with E-state index in [1.807, 2.05) is 0 Å². The van der Waals surface area contributed by atoms with Gasteiger partial charge in [0.15, 0.2) is 0 Å². The second kappa shape index (κ2) is 4.33. The van der Waals surface area contributed by atoms with E-state index in [4.69, 9.17) is 0 Å². The Balaban J connectivity index is 2.15. The van der Waals surface area contributed by atoms with Crippen molar-refractivity contribution >= 4 is 11.7 Å². The fraction of sp³-hybridized carbons (Fsp3) is 0.500. The summed E-state index contributed by atoms with van der Waals surface area (Å²) in [4.78, 5) is 17.9. The fourth-order valence-corrected chi connectivity index (χ4v) is 2.00. The molecule has 5 nitrogen and oxygen atoms in total. The molecular formula is C12H17N3O2. The molecule has 0 bridgehead atoms. The summed E-state index contributed by atoms with van der Waals surface area (Å²) in [6, 6.07) is 3.41. The van der Waals surface area contributed by atoms with Crippen LogP contribution in [0.5, 0.6) is 0 Å². The number of pyridine rings is 1. The van der Waals surface area contributed by atoms with Gasteiger partial charge in [0, 0.05) is 31.9 Å². The van der Waals surface area contributed by atoms with Crippen LogP contribution in [-0.4, -0.2) is 46.6 Å². The first-order chi connectivity index (χ1) is 8.02. The number of nitrogens with one attached hydrogen (secondary N) is 1. The van der Waals surface area contributed by atoms with Crippen molar-refractivity contribution in [1.29, 1.82) is 0 Å². The molecule has 1 atom stereocenters. The van der Waals surface area contributed by atoms with Crippen LogP contribution in [0, 0.1) is 0 Å². The lowest BCUT2D eigenvalue weighted by molar-refractivity contribution is 0.0572. The number of rotatable bonds is 2. The quantitative estimate of drug-likeness (QED) is 0.792. The van der Waals surface area contributed by atoms with Crippen molar-refractivity contribution in [3.8, 4) is 0 Å². The van der Waals surface area contributed by atoms with Gasteiger partial charge in [-0.2, -0.15) is 0 Å². The molecule has 2 rings (SSSR count). The summed E-state index contributed by atoms with van der Waals surface area (Å²) in [5.74, 6) is 0.614. The minimum atomic E-state index is -0.755. The van der Waals surface area contributed by atoms with E-state index in [0.717, 1.165) is 0 Å². The molecule has 17 heavy (non-hydrogen) atoms. The van der Waals surface area contributed by atoms with Gasteiger partial charge in [-0.05, 0) is 25.5 Å². The predicted molar refractivity (Wildman–Crippen MR) is 64.9 cm³/mol. The van der Waals surface area contributed by atoms with E-state index in [2.05, 4.69) is 10.3 Å². The van der Waals surface area contributed by atoms with E-state index in [9.17, 15) is 9.90 Å². The van der Waals surface area contributed by atoms with Gasteiger partial charge < -0.3 is 15.3 Å². The normalized spacial score (nSPS) is 23.8. The van der Waals surface area contributed by atoms with Gasteiger partial charge in [0.1, 0.15) is 5.82 Å². The number of aromatic nitrogens is 1. The van der Waals surface area contributed by atoms with Crippen molar-refractivity contribution in [2.24, 2.45) is 0 Å². The Morgan fingerprint density at radius 1 is 1.65 bits per heavy atom. The molecule has 0 aliphatic carbocycles. The zero-order valence-corrected chi connectivity index (χ0v) is 10.1. The molecule has 0 saturated carbocycles. The van der Waals surface area contributed by atoms with Gasteiger partial charge in [-0.3, -0.25) is 4.79 Å². The zero-order valence-electron chi connectivity index (χ0n) is 10.1. The molecule has 1 aliphatic rings. The molecule has 1 aromatic rings. The molecule has 1 saturated heterocycles. The Morgan fingerprint density at radius 3 is 3.00 bits per heavy atom. The third kappa shape index (κ3) is 2.55. The first-order valence-electron chi connectivity index (χ1n) is 5.67. The van der Waals surface area contributed by atoms with Crippen LogP contribution in [0.4, 0.5) is 5.82 Å². The largest absolute Gasteiger partial charge is 0.388 e. The van der Waals surface area contributed by atoms with Gasteiger partial charge in [-0.1, -0.05) is 0 Å². The first-order valence-corrected chi connectivity index (χ1v) is 5.67. The standard InChI is InChI=1S/C12H17N3O2/c1-12(17)4-6-15(8-12)11(16)9-3-5-14-10(7-9)13-2/h3,5,7,17H,4,6,8H2,1-2H3,(H,13,14). The highest BCUT2D eigenvalue weighted by atomic mass is 16.3. The van der Waals surface area contributed by atoms with Crippen molar-refractivity contribution < 1.29 is 9.90 Å². The average molecular weight is 235 g/mol. The van der Waals surface area contributed by atoms with E-state index >= 15 is 0 Å². The number of carbonyl (C=O) groups excluding carboxylic acids is 1. The van der Waals surface area contributed by atoms with Gasteiger partial charge in [-0.25, -0.2) is 4.98 Å². The average Bonchev–Trinajstić information content (AvgIpc) is 2.69. The molecular weight excluding hydrogens is 218 g/mol. The van der Waals surface area contributed by atoms with E-state index < -0.39 is 5.60 Å². The van der Waals surface area contributed by atoms with E-state index in [-0.39, 0.29) is 5.91 Å². The highest BCUT2D eigenvalue weighted by Gasteiger charge is 2.34. The number of aliphatic hydroxyl groups is 1. The van der Waals surface area contributed by atoms with Gasteiger partial charge >= 0.3 is 0 Å². The summed E-state index contributed by atoms with van der Waals surface area (Å²) in [6.45, 7) is 2.75. The maximum Gasteiger partial charge on any atom is 0.254 e. The molecule has 0 spiro atoms. The number of likely N-dealkylation sites (tertiary alicyclic amines) is 1. The maximum absolute atomic E-state index is 12.2. The Kier molecular flexibility index (Phi) is 3.02. The van der Waals surface area contributed by atoms with Crippen LogP contribution in [0.1, 0.15) is 23.7 Å². The Morgan fingerprint density at radius 2 is 2.41 bits per heavy atom. The summed E-state index contributed by atoms with van der Waals surface area (Å²) < 4.78 is 0. The van der Waals surface area contributed by atoms with Crippen LogP contribution >= 0.6 is 0 Å². The Labute approximate surface area is 100 Å². The molecule has 2 N–H and O–H groups in total. The molecule has 2 heterocycles. The summed E-state index contributed by atoms with van der Waals surface area (Å²) in [5.41, 5.74) is -0.156. The van der Waals surface area contributed by atoms with Crippen molar-refractivity contribution in [2.75, 3.05) is 25.5 Å². The van der Waals surface area contributed by atoms with Gasteiger partial charge in [0.05, 0.1) is 5.60 Å². The Bertz CT molecular complexity index is 432. The van der Waals surface area contributed by atoms with Crippen molar-refractivity contribution in [2.45, 2.75) is 18.9 Å². The number of carbonyl (C=O) groups is 1. The van der Waals surface area contributed by atoms with Crippen molar-refractivity contribution in [3.05, 3.63) is 23.9 Å². The highest BCUT2D eigenvalue weighted by molar-refractivity contribution is 5.95. The lowest BCUT2D eigenvalue weighted by atomic mass is 10.1. The van der Waals surface area contributed by atoms with Gasteiger partial charge in [0.25, 0.3) is 5.91 Å². The lowest BCUT2D eigenvalue weighted by Crippen LogP contribution is -2.33. The number of nitrogens with zero attached hydrogens (tertiary/aromatic N) is 2. The summed E-state index contributed by atoms with van der Waals surface area (Å²) >= 11 is 0. The molecule has 1 aromatic heterocycles. The number of anilines is 1. The third-order valence-electron chi connectivity index (χ3n) is 3.00. The number of hydrogen-bond acceptors (Lipinski definition) is 4. The van der Waals surface area contributed by atoms with Crippen LogP contribution in [0.3, 0.4) is 0 Å². The zero-order chi connectivity index (χ0) is 12.5. The van der Waals surface area contributed by atoms with E-state index in [1.54, 1.807) is 37.2 Å². The SMILES string of the molecule is CNc1cc(C(=O)N2CCC(C)(O)C2)ccn1. The molecule has 1 amide bonds. The second-order valence-corrected chi connectivity index (χ2v) is 4.65. The molecule has 0 aromatic carbocycles. The highest BCUT2D eigenvalue weighted by Crippen LogP contribution is 2.22. The predicted octanol–water partition coefficient (Wildman–Crippen LogP) is 0.720. The van der Waals surface area contributed by atoms with Crippen LogP contribution in [-0.2, 0) is 0 Å². The molecule has 92 valence electrons. The topological polar surface area (TPSA) is 65.5 Å². The summed E-state index contributed by atoms with van der Waals surface area (Å²) in [7, 11) is 1.76. The third-order valence-corrected chi connectivity index (χ3v) is 3.00. The van der Waals surface area contributed by atoms with Crippen LogP contribution in [0.15, 0.2) is 18.3 Å².